The molecule has 0 aromatic heterocycles. The molecule has 0 radical (unpaired) electrons. The Morgan fingerprint density at radius 3 is 2.65 bits per heavy atom. The zero-order chi connectivity index (χ0) is 12.8. The van der Waals surface area contributed by atoms with Crippen molar-refractivity contribution >= 4 is 5.97 Å². The molecule has 1 rings (SSSR count). The third kappa shape index (κ3) is 4.19. The van der Waals surface area contributed by atoms with Gasteiger partial charge in [0.15, 0.2) is 0 Å². The van der Waals surface area contributed by atoms with Crippen molar-refractivity contribution in [1.82, 2.24) is 0 Å². The van der Waals surface area contributed by atoms with Gasteiger partial charge < -0.3 is 10.5 Å². The van der Waals surface area contributed by atoms with Crippen LogP contribution < -0.4 is 5.73 Å². The molecule has 0 aliphatic rings. The summed E-state index contributed by atoms with van der Waals surface area (Å²) in [5, 5.41) is 0. The highest BCUT2D eigenvalue weighted by Gasteiger charge is 2.14. The Hall–Kier alpha value is -1.35. The molecule has 1 unspecified atom stereocenters. The van der Waals surface area contributed by atoms with Crippen LogP contribution in [0.15, 0.2) is 18.2 Å². The number of hydrogen-bond acceptors (Lipinski definition) is 3. The molecule has 0 saturated heterocycles. The normalized spacial score (nSPS) is 12.2. The van der Waals surface area contributed by atoms with E-state index in [2.05, 4.69) is 32.0 Å². The first-order chi connectivity index (χ1) is 8.04. The maximum absolute atomic E-state index is 11.3. The lowest BCUT2D eigenvalue weighted by molar-refractivity contribution is -0.144. The lowest BCUT2D eigenvalue weighted by Gasteiger charge is -2.11. The molecule has 0 saturated carbocycles. The molecule has 0 aliphatic heterocycles. The Kier molecular flexibility index (Phi) is 5.16. The van der Waals surface area contributed by atoms with Crippen molar-refractivity contribution in [3.63, 3.8) is 0 Å². The van der Waals surface area contributed by atoms with Crippen molar-refractivity contribution in [2.45, 2.75) is 39.7 Å². The maximum Gasteiger partial charge on any atom is 0.322 e. The number of carbonyl (C=O) groups is 1. The van der Waals surface area contributed by atoms with E-state index < -0.39 is 6.04 Å². The van der Waals surface area contributed by atoms with Gasteiger partial charge in [-0.05, 0) is 50.3 Å². The van der Waals surface area contributed by atoms with Crippen LogP contribution in [0.25, 0.3) is 0 Å². The monoisotopic (exact) mass is 235 g/mol. The molecule has 1 atom stereocenters. The highest BCUT2D eigenvalue weighted by atomic mass is 16.5. The van der Waals surface area contributed by atoms with Gasteiger partial charge in [0.1, 0.15) is 6.04 Å². The summed E-state index contributed by atoms with van der Waals surface area (Å²) in [6.07, 6.45) is 1.43. The van der Waals surface area contributed by atoms with E-state index in [4.69, 9.17) is 10.5 Å². The summed E-state index contributed by atoms with van der Waals surface area (Å²) in [6, 6.07) is 5.81. The molecule has 17 heavy (non-hydrogen) atoms. The predicted octanol–water partition coefficient (Wildman–Crippen LogP) is 2.13. The standard InChI is InChI=1S/C14H21NO2/c1-4-17-14(16)13(15)8-7-12-6-5-10(2)11(3)9-12/h5-6,9,13H,4,7-8,15H2,1-3H3. The molecule has 1 aromatic carbocycles. The van der Waals surface area contributed by atoms with Gasteiger partial charge in [-0.15, -0.1) is 0 Å². The molecule has 0 heterocycles. The van der Waals surface area contributed by atoms with E-state index in [0.29, 0.717) is 13.0 Å². The van der Waals surface area contributed by atoms with E-state index in [9.17, 15) is 4.79 Å². The second-order valence-electron chi connectivity index (χ2n) is 4.32. The van der Waals surface area contributed by atoms with Crippen LogP contribution in [-0.2, 0) is 16.0 Å². The Labute approximate surface area is 103 Å². The van der Waals surface area contributed by atoms with Crippen LogP contribution in [0.4, 0.5) is 0 Å². The van der Waals surface area contributed by atoms with Gasteiger partial charge in [0.25, 0.3) is 0 Å². The van der Waals surface area contributed by atoms with Gasteiger partial charge in [-0.25, -0.2) is 0 Å². The van der Waals surface area contributed by atoms with Gasteiger partial charge in [0.05, 0.1) is 6.61 Å². The van der Waals surface area contributed by atoms with E-state index in [1.165, 1.54) is 16.7 Å². The lowest BCUT2D eigenvalue weighted by atomic mass is 10.0. The molecule has 3 nitrogen and oxygen atoms in total. The van der Waals surface area contributed by atoms with Gasteiger partial charge in [-0.3, -0.25) is 4.79 Å². The molecule has 0 bridgehead atoms. The predicted molar refractivity (Wildman–Crippen MR) is 68.8 cm³/mol. The summed E-state index contributed by atoms with van der Waals surface area (Å²) in [5.41, 5.74) is 9.51. The molecule has 3 heteroatoms. The molecular formula is C14H21NO2. The minimum atomic E-state index is -0.517. The largest absolute Gasteiger partial charge is 0.465 e. The van der Waals surface area contributed by atoms with Crippen molar-refractivity contribution in [1.29, 1.82) is 0 Å². The number of nitrogens with two attached hydrogens (primary N) is 1. The first-order valence-electron chi connectivity index (χ1n) is 6.03. The average molecular weight is 235 g/mol. The highest BCUT2D eigenvalue weighted by Crippen LogP contribution is 2.12. The molecule has 0 spiro atoms. The van der Waals surface area contributed by atoms with Crippen LogP contribution >= 0.6 is 0 Å². The van der Waals surface area contributed by atoms with E-state index in [-0.39, 0.29) is 5.97 Å². The van der Waals surface area contributed by atoms with Gasteiger partial charge in [0, 0.05) is 0 Å². The second kappa shape index (κ2) is 6.40. The SMILES string of the molecule is CCOC(=O)C(N)CCc1ccc(C)c(C)c1. The summed E-state index contributed by atoms with van der Waals surface area (Å²) in [4.78, 5) is 11.3. The Bertz CT molecular complexity index is 388. The molecule has 1 aromatic rings. The molecular weight excluding hydrogens is 214 g/mol. The fourth-order valence-corrected chi connectivity index (χ4v) is 1.65. The van der Waals surface area contributed by atoms with E-state index in [1.54, 1.807) is 6.92 Å². The van der Waals surface area contributed by atoms with Crippen molar-refractivity contribution in [2.75, 3.05) is 6.61 Å². The van der Waals surface area contributed by atoms with Crippen molar-refractivity contribution < 1.29 is 9.53 Å². The smallest absolute Gasteiger partial charge is 0.322 e. The summed E-state index contributed by atoms with van der Waals surface area (Å²) < 4.78 is 4.87. The van der Waals surface area contributed by atoms with E-state index >= 15 is 0 Å². The number of benzene rings is 1. The van der Waals surface area contributed by atoms with Crippen LogP contribution in [0, 0.1) is 13.8 Å². The minimum Gasteiger partial charge on any atom is -0.465 e. The fourth-order valence-electron chi connectivity index (χ4n) is 1.65. The van der Waals surface area contributed by atoms with Gasteiger partial charge in [0.2, 0.25) is 0 Å². The third-order valence-electron chi connectivity index (χ3n) is 2.90. The van der Waals surface area contributed by atoms with Crippen molar-refractivity contribution in [2.24, 2.45) is 5.73 Å². The Morgan fingerprint density at radius 1 is 1.35 bits per heavy atom. The lowest BCUT2D eigenvalue weighted by Crippen LogP contribution is -2.32. The van der Waals surface area contributed by atoms with Crippen LogP contribution in [0.5, 0.6) is 0 Å². The maximum atomic E-state index is 11.3. The molecule has 0 aliphatic carbocycles. The van der Waals surface area contributed by atoms with Crippen LogP contribution in [-0.4, -0.2) is 18.6 Å². The first-order valence-corrected chi connectivity index (χ1v) is 6.03. The van der Waals surface area contributed by atoms with Crippen LogP contribution in [0.3, 0.4) is 0 Å². The zero-order valence-electron chi connectivity index (χ0n) is 10.8. The average Bonchev–Trinajstić information content (AvgIpc) is 2.30. The molecule has 94 valence electrons. The molecule has 2 N–H and O–H groups in total. The minimum absolute atomic E-state index is 0.309. The zero-order valence-corrected chi connectivity index (χ0v) is 10.8. The van der Waals surface area contributed by atoms with E-state index in [0.717, 1.165) is 6.42 Å². The molecule has 0 amide bonds. The topological polar surface area (TPSA) is 52.3 Å². The number of carbonyl (C=O) groups excluding carboxylic acids is 1. The van der Waals surface area contributed by atoms with Crippen LogP contribution in [0.1, 0.15) is 30.0 Å². The number of esters is 1. The number of hydrogen-bond donors (Lipinski definition) is 1. The Morgan fingerprint density at radius 2 is 2.06 bits per heavy atom. The fraction of sp³-hybridized carbons (Fsp3) is 0.500. The highest BCUT2D eigenvalue weighted by molar-refractivity contribution is 5.75. The van der Waals surface area contributed by atoms with Gasteiger partial charge in [-0.2, -0.15) is 0 Å². The number of aryl methyl sites for hydroxylation is 3. The van der Waals surface area contributed by atoms with Crippen LogP contribution in [0.2, 0.25) is 0 Å². The van der Waals surface area contributed by atoms with E-state index in [1.807, 2.05) is 0 Å². The van der Waals surface area contributed by atoms with Crippen molar-refractivity contribution in [3.05, 3.63) is 34.9 Å². The Balaban J connectivity index is 2.50. The van der Waals surface area contributed by atoms with Gasteiger partial charge >= 0.3 is 5.97 Å². The van der Waals surface area contributed by atoms with Gasteiger partial charge in [-0.1, -0.05) is 18.2 Å². The summed E-state index contributed by atoms with van der Waals surface area (Å²) in [7, 11) is 0. The number of ether oxygens (including phenoxy) is 1. The first kappa shape index (κ1) is 13.7. The quantitative estimate of drug-likeness (QED) is 0.795. The summed E-state index contributed by atoms with van der Waals surface area (Å²) in [6.45, 7) is 6.34. The number of rotatable bonds is 5. The second-order valence-corrected chi connectivity index (χ2v) is 4.32. The van der Waals surface area contributed by atoms with Crippen molar-refractivity contribution in [3.8, 4) is 0 Å². The molecule has 0 fully saturated rings. The summed E-state index contributed by atoms with van der Waals surface area (Å²) in [5.74, 6) is -0.309. The third-order valence-corrected chi connectivity index (χ3v) is 2.90. The summed E-state index contributed by atoms with van der Waals surface area (Å²) >= 11 is 0.